The number of fused-ring (bicyclic) bond motifs is 1. The molecule has 0 spiro atoms. The lowest BCUT2D eigenvalue weighted by atomic mass is 10.1. The Morgan fingerprint density at radius 1 is 1.32 bits per heavy atom. The van der Waals surface area contributed by atoms with Gasteiger partial charge >= 0.3 is 0 Å². The van der Waals surface area contributed by atoms with E-state index in [1.54, 1.807) is 6.07 Å². The molecule has 0 aliphatic heterocycles. The first-order valence-corrected chi connectivity index (χ1v) is 9.73. The molecule has 1 aliphatic rings. The second-order valence-electron chi connectivity index (χ2n) is 6.11. The van der Waals surface area contributed by atoms with Gasteiger partial charge in [0.1, 0.15) is 5.82 Å². The number of sulfonamides is 1. The Hall–Kier alpha value is -1.56. The topological polar surface area (TPSA) is 74.8 Å². The van der Waals surface area contributed by atoms with E-state index in [1.807, 2.05) is 19.1 Å². The lowest BCUT2D eigenvalue weighted by Gasteiger charge is -2.07. The van der Waals surface area contributed by atoms with Gasteiger partial charge in [0, 0.05) is 5.92 Å². The summed E-state index contributed by atoms with van der Waals surface area (Å²) in [5.74, 6) is 1.73. The number of imidazole rings is 1. The fourth-order valence-electron chi connectivity index (χ4n) is 3.05. The summed E-state index contributed by atoms with van der Waals surface area (Å²) >= 11 is 0. The first kappa shape index (κ1) is 15.3. The van der Waals surface area contributed by atoms with Gasteiger partial charge in [-0.15, -0.1) is 0 Å². The molecule has 0 bridgehead atoms. The van der Waals surface area contributed by atoms with Crippen LogP contribution in [0.3, 0.4) is 0 Å². The van der Waals surface area contributed by atoms with E-state index in [-0.39, 0.29) is 5.75 Å². The lowest BCUT2D eigenvalue weighted by Crippen LogP contribution is -2.16. The zero-order valence-corrected chi connectivity index (χ0v) is 13.7. The van der Waals surface area contributed by atoms with Gasteiger partial charge in [-0.25, -0.2) is 13.4 Å². The van der Waals surface area contributed by atoms with E-state index in [1.165, 1.54) is 25.7 Å². The molecular weight excluding hydrogens is 298 g/mol. The average Bonchev–Trinajstić information content (AvgIpc) is 3.12. The number of rotatable bonds is 6. The number of H-pyrrole nitrogens is 1. The maximum atomic E-state index is 12.0. The summed E-state index contributed by atoms with van der Waals surface area (Å²) in [7, 11) is -3.26. The van der Waals surface area contributed by atoms with E-state index in [4.69, 9.17) is 0 Å². The molecule has 5 nitrogen and oxygen atoms in total. The molecule has 1 aliphatic carbocycles. The van der Waals surface area contributed by atoms with E-state index < -0.39 is 10.0 Å². The summed E-state index contributed by atoms with van der Waals surface area (Å²) in [6, 6.07) is 5.50. The Labute approximate surface area is 131 Å². The molecule has 1 fully saturated rings. The predicted octanol–water partition coefficient (Wildman–Crippen LogP) is 3.76. The standard InChI is InChI=1S/C16H23N3O2S/c1-2-3-10-22(20,21)19-13-8-9-14-15(11-13)18-16(17-14)12-6-4-5-7-12/h8-9,11-12,19H,2-7,10H2,1H3,(H,17,18). The van der Waals surface area contributed by atoms with Crippen molar-refractivity contribution in [3.05, 3.63) is 24.0 Å². The Morgan fingerprint density at radius 3 is 2.82 bits per heavy atom. The molecule has 0 amide bonds. The smallest absolute Gasteiger partial charge is 0.232 e. The molecule has 120 valence electrons. The van der Waals surface area contributed by atoms with Crippen LogP contribution >= 0.6 is 0 Å². The Bertz CT molecular complexity index is 746. The first-order valence-electron chi connectivity index (χ1n) is 8.07. The van der Waals surface area contributed by atoms with Crippen molar-refractivity contribution in [1.29, 1.82) is 0 Å². The van der Waals surface area contributed by atoms with Crippen LogP contribution in [-0.4, -0.2) is 24.1 Å². The molecule has 0 radical (unpaired) electrons. The van der Waals surface area contributed by atoms with E-state index >= 15 is 0 Å². The highest BCUT2D eigenvalue weighted by Gasteiger charge is 2.20. The number of nitrogens with one attached hydrogen (secondary N) is 2. The van der Waals surface area contributed by atoms with E-state index in [2.05, 4.69) is 14.7 Å². The van der Waals surface area contributed by atoms with Crippen LogP contribution in [0.5, 0.6) is 0 Å². The fraction of sp³-hybridized carbons (Fsp3) is 0.562. The van der Waals surface area contributed by atoms with Crippen molar-refractivity contribution >= 4 is 26.7 Å². The number of nitrogens with zero attached hydrogens (tertiary/aromatic N) is 1. The largest absolute Gasteiger partial charge is 0.342 e. The molecular formula is C16H23N3O2S. The molecule has 2 N–H and O–H groups in total. The minimum absolute atomic E-state index is 0.165. The van der Waals surface area contributed by atoms with Crippen molar-refractivity contribution in [2.24, 2.45) is 0 Å². The van der Waals surface area contributed by atoms with Gasteiger partial charge in [-0.2, -0.15) is 0 Å². The summed E-state index contributed by atoms with van der Waals surface area (Å²) in [5.41, 5.74) is 2.40. The Balaban J connectivity index is 1.80. The first-order chi connectivity index (χ1) is 10.6. The number of anilines is 1. The average molecular weight is 321 g/mol. The second-order valence-corrected chi connectivity index (χ2v) is 7.95. The van der Waals surface area contributed by atoms with Crippen molar-refractivity contribution in [3.8, 4) is 0 Å². The molecule has 0 atom stereocenters. The third-order valence-electron chi connectivity index (χ3n) is 4.28. The van der Waals surface area contributed by atoms with Crippen LogP contribution < -0.4 is 4.72 Å². The molecule has 6 heteroatoms. The third kappa shape index (κ3) is 3.43. The number of hydrogen-bond donors (Lipinski definition) is 2. The van der Waals surface area contributed by atoms with Gasteiger partial charge in [-0.05, 0) is 37.5 Å². The molecule has 2 aromatic rings. The highest BCUT2D eigenvalue weighted by Crippen LogP contribution is 2.33. The predicted molar refractivity (Wildman–Crippen MR) is 89.6 cm³/mol. The van der Waals surface area contributed by atoms with Crippen LogP contribution in [-0.2, 0) is 10.0 Å². The van der Waals surface area contributed by atoms with E-state index in [0.29, 0.717) is 18.0 Å². The van der Waals surface area contributed by atoms with Gasteiger partial charge in [0.25, 0.3) is 0 Å². The molecule has 1 heterocycles. The molecule has 0 unspecified atom stereocenters. The Morgan fingerprint density at radius 2 is 2.09 bits per heavy atom. The number of aromatic nitrogens is 2. The molecule has 3 rings (SSSR count). The zero-order valence-electron chi connectivity index (χ0n) is 12.9. The van der Waals surface area contributed by atoms with Crippen molar-refractivity contribution in [3.63, 3.8) is 0 Å². The number of hydrogen-bond acceptors (Lipinski definition) is 3. The minimum Gasteiger partial charge on any atom is -0.342 e. The maximum absolute atomic E-state index is 12.0. The van der Waals surface area contributed by atoms with Crippen LogP contribution in [0.1, 0.15) is 57.2 Å². The van der Waals surface area contributed by atoms with Gasteiger partial charge in [-0.3, -0.25) is 4.72 Å². The highest BCUT2D eigenvalue weighted by atomic mass is 32.2. The quantitative estimate of drug-likeness (QED) is 0.850. The van der Waals surface area contributed by atoms with Crippen LogP contribution in [0.15, 0.2) is 18.2 Å². The minimum atomic E-state index is -3.26. The Kier molecular flexibility index (Phi) is 4.38. The van der Waals surface area contributed by atoms with Crippen LogP contribution in [0.4, 0.5) is 5.69 Å². The highest BCUT2D eigenvalue weighted by molar-refractivity contribution is 7.92. The summed E-state index contributed by atoms with van der Waals surface area (Å²) in [4.78, 5) is 8.01. The summed E-state index contributed by atoms with van der Waals surface area (Å²) in [6.45, 7) is 1.98. The van der Waals surface area contributed by atoms with Gasteiger partial charge in [-0.1, -0.05) is 26.2 Å². The molecule has 1 saturated carbocycles. The van der Waals surface area contributed by atoms with E-state index in [0.717, 1.165) is 23.3 Å². The van der Waals surface area contributed by atoms with E-state index in [9.17, 15) is 8.42 Å². The number of benzene rings is 1. The molecule has 0 saturated heterocycles. The molecule has 1 aromatic carbocycles. The maximum Gasteiger partial charge on any atom is 0.232 e. The van der Waals surface area contributed by atoms with Crippen LogP contribution in [0.25, 0.3) is 11.0 Å². The number of unbranched alkanes of at least 4 members (excludes halogenated alkanes) is 1. The lowest BCUT2D eigenvalue weighted by molar-refractivity contribution is 0.598. The van der Waals surface area contributed by atoms with Gasteiger partial charge in [0.05, 0.1) is 22.5 Å². The van der Waals surface area contributed by atoms with Crippen LogP contribution in [0.2, 0.25) is 0 Å². The fourth-order valence-corrected chi connectivity index (χ4v) is 4.31. The van der Waals surface area contributed by atoms with Crippen molar-refractivity contribution in [2.45, 2.75) is 51.4 Å². The van der Waals surface area contributed by atoms with Gasteiger partial charge in [0.15, 0.2) is 0 Å². The van der Waals surface area contributed by atoms with Gasteiger partial charge in [0.2, 0.25) is 10.0 Å². The summed E-state index contributed by atoms with van der Waals surface area (Å²) < 4.78 is 26.6. The van der Waals surface area contributed by atoms with Crippen molar-refractivity contribution < 1.29 is 8.42 Å². The van der Waals surface area contributed by atoms with Gasteiger partial charge < -0.3 is 4.98 Å². The second kappa shape index (κ2) is 6.28. The summed E-state index contributed by atoms with van der Waals surface area (Å²) in [5, 5.41) is 0. The summed E-state index contributed by atoms with van der Waals surface area (Å²) in [6.07, 6.45) is 6.46. The molecule has 1 aromatic heterocycles. The van der Waals surface area contributed by atoms with Crippen molar-refractivity contribution in [1.82, 2.24) is 9.97 Å². The van der Waals surface area contributed by atoms with Crippen LogP contribution in [0, 0.1) is 0 Å². The monoisotopic (exact) mass is 321 g/mol. The normalized spacial score (nSPS) is 16.4. The molecule has 22 heavy (non-hydrogen) atoms. The van der Waals surface area contributed by atoms with Crippen molar-refractivity contribution in [2.75, 3.05) is 10.5 Å². The number of aromatic amines is 1. The third-order valence-corrected chi connectivity index (χ3v) is 5.65. The zero-order chi connectivity index (χ0) is 15.6. The SMILES string of the molecule is CCCCS(=O)(=O)Nc1ccc2nc(C3CCCC3)[nH]c2c1.